The molecule has 0 aliphatic carbocycles. The number of thioether (sulfide) groups is 1. The van der Waals surface area contributed by atoms with Gasteiger partial charge in [-0.2, -0.15) is 11.8 Å². The normalized spacial score (nSPS) is 21.5. The van der Waals surface area contributed by atoms with Gasteiger partial charge in [0.25, 0.3) is 0 Å². The first-order valence-electron chi connectivity index (χ1n) is 4.80. The molecule has 1 atom stereocenters. The number of hydrogen-bond donors (Lipinski definition) is 1. The van der Waals surface area contributed by atoms with Crippen LogP contribution in [0.25, 0.3) is 0 Å². The van der Waals surface area contributed by atoms with Crippen molar-refractivity contribution in [3.8, 4) is 0 Å². The van der Waals surface area contributed by atoms with Crippen molar-refractivity contribution >= 4 is 11.8 Å². The SMILES string of the molecule is CSCC[C@@H](N)CN1CCCC1. The maximum Gasteiger partial charge on any atom is 0.0175 e. The Labute approximate surface area is 79.9 Å². The maximum absolute atomic E-state index is 5.98. The monoisotopic (exact) mass is 188 g/mol. The molecule has 72 valence electrons. The van der Waals surface area contributed by atoms with Crippen LogP contribution < -0.4 is 5.73 Å². The lowest BCUT2D eigenvalue weighted by molar-refractivity contribution is 0.311. The van der Waals surface area contributed by atoms with E-state index in [0.29, 0.717) is 6.04 Å². The second-order valence-electron chi connectivity index (χ2n) is 3.55. The molecule has 0 amide bonds. The molecule has 12 heavy (non-hydrogen) atoms. The van der Waals surface area contributed by atoms with Crippen LogP contribution in [0.1, 0.15) is 19.3 Å². The molecule has 0 saturated carbocycles. The third-order valence-electron chi connectivity index (χ3n) is 2.38. The minimum Gasteiger partial charge on any atom is -0.327 e. The summed E-state index contributed by atoms with van der Waals surface area (Å²) in [7, 11) is 0. The average molecular weight is 188 g/mol. The van der Waals surface area contributed by atoms with E-state index in [9.17, 15) is 0 Å². The minimum absolute atomic E-state index is 0.399. The van der Waals surface area contributed by atoms with Gasteiger partial charge < -0.3 is 10.6 Å². The summed E-state index contributed by atoms with van der Waals surface area (Å²) in [6, 6.07) is 0.399. The van der Waals surface area contributed by atoms with Crippen molar-refractivity contribution in [1.82, 2.24) is 4.90 Å². The fourth-order valence-corrected chi connectivity index (χ4v) is 2.20. The van der Waals surface area contributed by atoms with Crippen molar-refractivity contribution in [2.24, 2.45) is 5.73 Å². The van der Waals surface area contributed by atoms with Crippen molar-refractivity contribution in [2.45, 2.75) is 25.3 Å². The van der Waals surface area contributed by atoms with Crippen molar-refractivity contribution in [1.29, 1.82) is 0 Å². The van der Waals surface area contributed by atoms with Crippen molar-refractivity contribution < 1.29 is 0 Å². The smallest absolute Gasteiger partial charge is 0.0175 e. The molecule has 0 aromatic rings. The summed E-state index contributed by atoms with van der Waals surface area (Å²) in [6.07, 6.45) is 6.05. The Hall–Kier alpha value is 0.270. The van der Waals surface area contributed by atoms with Crippen LogP contribution in [-0.2, 0) is 0 Å². The molecule has 1 rings (SSSR count). The third kappa shape index (κ3) is 3.78. The molecule has 1 heterocycles. The van der Waals surface area contributed by atoms with E-state index in [1.54, 1.807) is 0 Å². The van der Waals surface area contributed by atoms with E-state index in [1.807, 2.05) is 11.8 Å². The molecule has 0 unspecified atom stereocenters. The molecule has 1 saturated heterocycles. The Balaban J connectivity index is 2.03. The molecule has 1 aliphatic heterocycles. The van der Waals surface area contributed by atoms with E-state index in [0.717, 1.165) is 13.0 Å². The van der Waals surface area contributed by atoms with Crippen LogP contribution >= 0.6 is 11.8 Å². The first-order chi connectivity index (χ1) is 5.83. The highest BCUT2D eigenvalue weighted by Crippen LogP contribution is 2.08. The number of likely N-dealkylation sites (tertiary alicyclic amines) is 1. The van der Waals surface area contributed by atoms with Gasteiger partial charge in [-0.3, -0.25) is 0 Å². The highest BCUT2D eigenvalue weighted by atomic mass is 32.2. The first-order valence-corrected chi connectivity index (χ1v) is 6.19. The van der Waals surface area contributed by atoms with Gasteiger partial charge in [-0.15, -0.1) is 0 Å². The molecule has 0 radical (unpaired) electrons. The van der Waals surface area contributed by atoms with E-state index >= 15 is 0 Å². The molecule has 1 fully saturated rings. The minimum atomic E-state index is 0.399. The number of hydrogen-bond acceptors (Lipinski definition) is 3. The van der Waals surface area contributed by atoms with Gasteiger partial charge in [0.15, 0.2) is 0 Å². The largest absolute Gasteiger partial charge is 0.327 e. The Morgan fingerprint density at radius 2 is 2.08 bits per heavy atom. The van der Waals surface area contributed by atoms with Crippen molar-refractivity contribution in [2.75, 3.05) is 31.6 Å². The van der Waals surface area contributed by atoms with Gasteiger partial charge >= 0.3 is 0 Å². The van der Waals surface area contributed by atoms with Crippen molar-refractivity contribution in [3.05, 3.63) is 0 Å². The first kappa shape index (κ1) is 10.4. The molecule has 0 aromatic carbocycles. The molecule has 3 heteroatoms. The van der Waals surface area contributed by atoms with Crippen LogP contribution in [0.2, 0.25) is 0 Å². The Kier molecular flexibility index (Phi) is 5.04. The molecule has 0 bridgehead atoms. The average Bonchev–Trinajstić information content (AvgIpc) is 2.53. The Bertz CT molecular complexity index is 113. The number of rotatable bonds is 5. The van der Waals surface area contributed by atoms with Crippen LogP contribution in [0, 0.1) is 0 Å². The van der Waals surface area contributed by atoms with Gasteiger partial charge in [-0.05, 0) is 44.4 Å². The number of nitrogens with zero attached hydrogens (tertiary/aromatic N) is 1. The van der Waals surface area contributed by atoms with E-state index in [4.69, 9.17) is 5.73 Å². The highest BCUT2D eigenvalue weighted by Gasteiger charge is 2.14. The second kappa shape index (κ2) is 5.84. The zero-order chi connectivity index (χ0) is 8.81. The lowest BCUT2D eigenvalue weighted by atomic mass is 10.2. The van der Waals surface area contributed by atoms with Crippen molar-refractivity contribution in [3.63, 3.8) is 0 Å². The quantitative estimate of drug-likeness (QED) is 0.702. The molecule has 0 aromatic heterocycles. The molecular weight excluding hydrogens is 168 g/mol. The standard InChI is InChI=1S/C9H20N2S/c1-12-7-4-9(10)8-11-5-2-3-6-11/h9H,2-8,10H2,1H3/t9-/m1/s1. The van der Waals surface area contributed by atoms with Gasteiger partial charge in [-0.25, -0.2) is 0 Å². The summed E-state index contributed by atoms with van der Waals surface area (Å²) >= 11 is 1.89. The second-order valence-corrected chi connectivity index (χ2v) is 4.53. The molecule has 2 nitrogen and oxygen atoms in total. The predicted octanol–water partition coefficient (Wildman–Crippen LogP) is 1.16. The number of nitrogens with two attached hydrogens (primary N) is 1. The molecular formula is C9H20N2S. The van der Waals surface area contributed by atoms with Gasteiger partial charge in [0.1, 0.15) is 0 Å². The van der Waals surface area contributed by atoms with E-state index in [-0.39, 0.29) is 0 Å². The summed E-state index contributed by atoms with van der Waals surface area (Å²) < 4.78 is 0. The van der Waals surface area contributed by atoms with E-state index < -0.39 is 0 Å². The zero-order valence-corrected chi connectivity index (χ0v) is 8.78. The molecule has 2 N–H and O–H groups in total. The fourth-order valence-electron chi connectivity index (χ4n) is 1.66. The van der Waals surface area contributed by atoms with Crippen LogP contribution in [0.3, 0.4) is 0 Å². The molecule has 1 aliphatic rings. The molecule has 0 spiro atoms. The van der Waals surface area contributed by atoms with Crippen LogP contribution in [0.15, 0.2) is 0 Å². The summed E-state index contributed by atoms with van der Waals surface area (Å²) in [5.74, 6) is 1.20. The van der Waals surface area contributed by atoms with Gasteiger partial charge in [0, 0.05) is 12.6 Å². The zero-order valence-electron chi connectivity index (χ0n) is 7.96. The van der Waals surface area contributed by atoms with Gasteiger partial charge in [0.05, 0.1) is 0 Å². The van der Waals surface area contributed by atoms with Gasteiger partial charge in [-0.1, -0.05) is 0 Å². The van der Waals surface area contributed by atoms with Crippen LogP contribution in [0.5, 0.6) is 0 Å². The Morgan fingerprint density at radius 3 is 2.67 bits per heavy atom. The summed E-state index contributed by atoms with van der Waals surface area (Å²) in [6.45, 7) is 3.65. The summed E-state index contributed by atoms with van der Waals surface area (Å²) in [5, 5.41) is 0. The Morgan fingerprint density at radius 1 is 1.42 bits per heavy atom. The fraction of sp³-hybridized carbons (Fsp3) is 1.00. The van der Waals surface area contributed by atoms with Crippen LogP contribution in [-0.4, -0.2) is 42.6 Å². The predicted molar refractivity (Wildman–Crippen MR) is 56.6 cm³/mol. The van der Waals surface area contributed by atoms with E-state index in [1.165, 1.54) is 31.7 Å². The van der Waals surface area contributed by atoms with E-state index in [2.05, 4.69) is 11.2 Å². The van der Waals surface area contributed by atoms with Gasteiger partial charge in [0.2, 0.25) is 0 Å². The lowest BCUT2D eigenvalue weighted by Crippen LogP contribution is -2.36. The lowest BCUT2D eigenvalue weighted by Gasteiger charge is -2.19. The topological polar surface area (TPSA) is 29.3 Å². The van der Waals surface area contributed by atoms with Crippen LogP contribution in [0.4, 0.5) is 0 Å². The maximum atomic E-state index is 5.98. The summed E-state index contributed by atoms with van der Waals surface area (Å²) in [5.41, 5.74) is 5.98. The third-order valence-corrected chi connectivity index (χ3v) is 3.03. The summed E-state index contributed by atoms with van der Waals surface area (Å²) in [4.78, 5) is 2.49. The highest BCUT2D eigenvalue weighted by molar-refractivity contribution is 7.98.